The first-order valence-electron chi connectivity index (χ1n) is 10.0. The second-order valence-electron chi connectivity index (χ2n) is 8.72. The number of carboxylic acid groups (broad SMARTS) is 1. The van der Waals surface area contributed by atoms with Gasteiger partial charge in [0.25, 0.3) is 0 Å². The second-order valence-corrected chi connectivity index (χ2v) is 8.72. The van der Waals surface area contributed by atoms with E-state index in [0.717, 1.165) is 22.3 Å². The molecule has 0 aliphatic heterocycles. The minimum Gasteiger partial charge on any atom is -0.481 e. The third-order valence-electron chi connectivity index (χ3n) is 5.66. The van der Waals surface area contributed by atoms with Gasteiger partial charge in [-0.05, 0) is 49.4 Å². The molecule has 0 radical (unpaired) electrons. The molecule has 1 aliphatic rings. The molecule has 1 unspecified atom stereocenters. The molecule has 0 fully saturated rings. The van der Waals surface area contributed by atoms with Gasteiger partial charge >= 0.3 is 12.1 Å². The number of hydrogen-bond acceptors (Lipinski definition) is 4. The number of aliphatic carboxylic acids is 1. The molecule has 6 nitrogen and oxygen atoms in total. The maximum absolute atomic E-state index is 12.6. The molecule has 1 amide bonds. The van der Waals surface area contributed by atoms with Crippen molar-refractivity contribution >= 4 is 12.1 Å². The van der Waals surface area contributed by atoms with Gasteiger partial charge in [0.15, 0.2) is 0 Å². The number of ether oxygens (including phenoxy) is 2. The van der Waals surface area contributed by atoms with E-state index in [9.17, 15) is 14.7 Å². The predicted octanol–water partition coefficient (Wildman–Crippen LogP) is 4.57. The van der Waals surface area contributed by atoms with Crippen molar-refractivity contribution in [3.63, 3.8) is 0 Å². The Bertz CT molecular complexity index is 893. The van der Waals surface area contributed by atoms with Crippen LogP contribution in [0.25, 0.3) is 11.1 Å². The molecule has 1 atom stereocenters. The minimum absolute atomic E-state index is 0.0516. The second kappa shape index (κ2) is 8.48. The van der Waals surface area contributed by atoms with Crippen LogP contribution in [0.2, 0.25) is 0 Å². The lowest BCUT2D eigenvalue weighted by atomic mass is 9.85. The number of benzene rings is 2. The van der Waals surface area contributed by atoms with Gasteiger partial charge in [-0.2, -0.15) is 0 Å². The first kappa shape index (κ1) is 21.8. The maximum atomic E-state index is 12.6. The van der Waals surface area contributed by atoms with Gasteiger partial charge in [0.05, 0.1) is 17.6 Å². The summed E-state index contributed by atoms with van der Waals surface area (Å²) in [5, 5.41) is 12.1. The van der Waals surface area contributed by atoms with Crippen molar-refractivity contribution in [3.8, 4) is 11.1 Å². The number of carbonyl (C=O) groups excluding carboxylic acids is 1. The van der Waals surface area contributed by atoms with Crippen molar-refractivity contribution in [2.75, 3.05) is 13.7 Å². The van der Waals surface area contributed by atoms with Crippen LogP contribution in [0.1, 0.15) is 50.7 Å². The number of nitrogens with one attached hydrogen (secondary N) is 1. The summed E-state index contributed by atoms with van der Waals surface area (Å²) in [4.78, 5) is 24.0. The molecule has 0 aromatic heterocycles. The van der Waals surface area contributed by atoms with E-state index >= 15 is 0 Å². The van der Waals surface area contributed by atoms with Gasteiger partial charge in [0, 0.05) is 13.0 Å². The molecule has 0 bridgehead atoms. The summed E-state index contributed by atoms with van der Waals surface area (Å²) in [6.07, 6.45) is -0.538. The summed E-state index contributed by atoms with van der Waals surface area (Å²) in [5.41, 5.74) is 2.95. The minimum atomic E-state index is -1.01. The van der Waals surface area contributed by atoms with Gasteiger partial charge in [-0.1, -0.05) is 48.5 Å². The number of carbonyl (C=O) groups is 2. The number of fused-ring (bicyclic) bond motifs is 3. The molecule has 2 aromatic rings. The first-order valence-corrected chi connectivity index (χ1v) is 10.0. The Labute approximate surface area is 177 Å². The fourth-order valence-corrected chi connectivity index (χ4v) is 4.38. The van der Waals surface area contributed by atoms with Crippen LogP contribution in [0, 0.1) is 0 Å². The summed E-state index contributed by atoms with van der Waals surface area (Å²) in [5.74, 6) is -1.05. The summed E-state index contributed by atoms with van der Waals surface area (Å²) < 4.78 is 11.0. The zero-order chi connectivity index (χ0) is 21.9. The monoisotopic (exact) mass is 411 g/mol. The topological polar surface area (TPSA) is 84.9 Å². The fraction of sp³-hybridized carbons (Fsp3) is 0.417. The lowest BCUT2D eigenvalue weighted by Crippen LogP contribution is -2.52. The van der Waals surface area contributed by atoms with E-state index in [1.165, 1.54) is 0 Å². The van der Waals surface area contributed by atoms with E-state index in [0.29, 0.717) is 6.42 Å². The number of amides is 1. The molecule has 0 saturated heterocycles. The quantitative estimate of drug-likeness (QED) is 0.664. The average Bonchev–Trinajstić information content (AvgIpc) is 2.99. The Hall–Kier alpha value is -2.86. The van der Waals surface area contributed by atoms with Crippen molar-refractivity contribution in [2.24, 2.45) is 0 Å². The van der Waals surface area contributed by atoms with Crippen molar-refractivity contribution < 1.29 is 24.2 Å². The van der Waals surface area contributed by atoms with Crippen LogP contribution in [-0.2, 0) is 14.3 Å². The zero-order valence-corrected chi connectivity index (χ0v) is 17.9. The van der Waals surface area contributed by atoms with Crippen molar-refractivity contribution in [1.29, 1.82) is 0 Å². The van der Waals surface area contributed by atoms with E-state index < -0.39 is 23.2 Å². The molecule has 0 spiro atoms. The number of alkyl carbamates (subject to hydrolysis) is 1. The Morgan fingerprint density at radius 2 is 1.53 bits per heavy atom. The Kier molecular flexibility index (Phi) is 6.17. The molecule has 0 heterocycles. The van der Waals surface area contributed by atoms with Crippen LogP contribution in [0.15, 0.2) is 48.5 Å². The molecule has 160 valence electrons. The molecule has 6 heteroatoms. The lowest BCUT2D eigenvalue weighted by molar-refractivity contribution is -0.139. The van der Waals surface area contributed by atoms with Crippen LogP contribution < -0.4 is 5.32 Å². The highest BCUT2D eigenvalue weighted by atomic mass is 16.5. The Morgan fingerprint density at radius 1 is 1.00 bits per heavy atom. The molecule has 2 aromatic carbocycles. The number of rotatable bonds is 8. The number of carboxylic acids is 1. The molecular weight excluding hydrogens is 382 g/mol. The normalized spacial score (nSPS) is 15.1. The van der Waals surface area contributed by atoms with Crippen LogP contribution >= 0.6 is 0 Å². The lowest BCUT2D eigenvalue weighted by Gasteiger charge is -2.36. The highest BCUT2D eigenvalue weighted by Gasteiger charge is 2.37. The summed E-state index contributed by atoms with van der Waals surface area (Å²) >= 11 is 0. The van der Waals surface area contributed by atoms with Crippen molar-refractivity contribution in [3.05, 3.63) is 59.7 Å². The van der Waals surface area contributed by atoms with E-state index in [1.54, 1.807) is 14.0 Å². The standard InChI is InChI=1S/C24H29NO5/c1-23(2,29-4)15-24(3,13-21(26)27)25-22(28)30-14-20-18-11-7-5-9-16(18)17-10-6-8-12-19(17)20/h5-12,20H,13-15H2,1-4H3,(H,25,28)(H,26,27). The molecule has 30 heavy (non-hydrogen) atoms. The Morgan fingerprint density at radius 3 is 2.03 bits per heavy atom. The van der Waals surface area contributed by atoms with Crippen molar-refractivity contribution in [2.45, 2.75) is 50.7 Å². The highest BCUT2D eigenvalue weighted by molar-refractivity contribution is 5.79. The summed E-state index contributed by atoms with van der Waals surface area (Å²) in [7, 11) is 1.56. The zero-order valence-electron chi connectivity index (χ0n) is 17.9. The molecule has 1 aliphatic carbocycles. The third kappa shape index (κ3) is 4.82. The predicted molar refractivity (Wildman–Crippen MR) is 115 cm³/mol. The first-order chi connectivity index (χ1) is 14.1. The van der Waals surface area contributed by atoms with Crippen LogP contribution in [0.4, 0.5) is 4.79 Å². The van der Waals surface area contributed by atoms with Gasteiger partial charge in [0.2, 0.25) is 0 Å². The van der Waals surface area contributed by atoms with Crippen LogP contribution in [0.5, 0.6) is 0 Å². The van der Waals surface area contributed by atoms with Gasteiger partial charge in [-0.25, -0.2) is 4.79 Å². The molecular formula is C24H29NO5. The van der Waals surface area contributed by atoms with Crippen LogP contribution in [0.3, 0.4) is 0 Å². The van der Waals surface area contributed by atoms with E-state index in [1.807, 2.05) is 38.1 Å². The maximum Gasteiger partial charge on any atom is 0.407 e. The summed E-state index contributed by atoms with van der Waals surface area (Å²) in [6, 6.07) is 16.2. The molecule has 2 N–H and O–H groups in total. The highest BCUT2D eigenvalue weighted by Crippen LogP contribution is 2.44. The SMILES string of the molecule is COC(C)(C)CC(C)(CC(=O)O)NC(=O)OCC1c2ccccc2-c2ccccc21. The Balaban J connectivity index is 1.72. The van der Waals surface area contributed by atoms with E-state index in [4.69, 9.17) is 9.47 Å². The fourth-order valence-electron chi connectivity index (χ4n) is 4.38. The number of hydrogen-bond donors (Lipinski definition) is 2. The van der Waals surface area contributed by atoms with Crippen LogP contribution in [-0.4, -0.2) is 42.0 Å². The van der Waals surface area contributed by atoms with E-state index in [-0.39, 0.29) is 18.9 Å². The average molecular weight is 411 g/mol. The van der Waals surface area contributed by atoms with Gasteiger partial charge < -0.3 is 19.9 Å². The molecule has 3 rings (SSSR count). The van der Waals surface area contributed by atoms with Gasteiger partial charge in [0.1, 0.15) is 6.61 Å². The summed E-state index contributed by atoms with van der Waals surface area (Å²) in [6.45, 7) is 5.58. The molecule has 0 saturated carbocycles. The van der Waals surface area contributed by atoms with E-state index in [2.05, 4.69) is 29.6 Å². The largest absolute Gasteiger partial charge is 0.481 e. The smallest absolute Gasteiger partial charge is 0.407 e. The van der Waals surface area contributed by atoms with Crippen molar-refractivity contribution in [1.82, 2.24) is 5.32 Å². The third-order valence-corrected chi connectivity index (χ3v) is 5.66. The van der Waals surface area contributed by atoms with Gasteiger partial charge in [-0.15, -0.1) is 0 Å². The number of methoxy groups -OCH3 is 1. The van der Waals surface area contributed by atoms with Gasteiger partial charge in [-0.3, -0.25) is 4.79 Å².